The maximum absolute atomic E-state index is 14.7. The first-order valence-corrected chi connectivity index (χ1v) is 21.1. The zero-order valence-electron chi connectivity index (χ0n) is 34.8. The number of hydrogen-bond donors (Lipinski definition) is 3. The fraction of sp³-hybridized carbons (Fsp3) is 0.643. The quantitative estimate of drug-likeness (QED) is 0.0767. The van der Waals surface area contributed by atoms with Crippen LogP contribution in [0.15, 0.2) is 29.6 Å². The largest absolute Gasteiger partial charge is 0.508 e. The lowest BCUT2D eigenvalue weighted by molar-refractivity contribution is -0.160. The van der Waals surface area contributed by atoms with Gasteiger partial charge >= 0.3 is 11.9 Å². The van der Waals surface area contributed by atoms with E-state index in [-0.39, 0.29) is 60.7 Å². The van der Waals surface area contributed by atoms with Gasteiger partial charge in [-0.25, -0.2) is 4.98 Å². The van der Waals surface area contributed by atoms with Gasteiger partial charge in [0.1, 0.15) is 28.8 Å². The van der Waals surface area contributed by atoms with Gasteiger partial charge < -0.3 is 34.9 Å². The lowest BCUT2D eigenvalue weighted by Gasteiger charge is -2.39. The van der Waals surface area contributed by atoms with Crippen molar-refractivity contribution in [2.24, 2.45) is 17.8 Å². The zero-order valence-corrected chi connectivity index (χ0v) is 35.6. The van der Waals surface area contributed by atoms with Crippen LogP contribution in [0.4, 0.5) is 0 Å². The van der Waals surface area contributed by atoms with Crippen LogP contribution >= 0.6 is 11.3 Å². The number of esters is 2. The van der Waals surface area contributed by atoms with E-state index in [0.29, 0.717) is 37.1 Å². The number of benzene rings is 1. The number of aldehydes is 1. The van der Waals surface area contributed by atoms with Crippen molar-refractivity contribution >= 4 is 47.3 Å². The number of aromatic nitrogens is 1. The van der Waals surface area contributed by atoms with Crippen LogP contribution in [-0.2, 0) is 39.9 Å². The molecule has 3 amide bonds. The minimum Gasteiger partial charge on any atom is -0.508 e. The van der Waals surface area contributed by atoms with Gasteiger partial charge in [0, 0.05) is 43.1 Å². The number of likely N-dealkylation sites (N-methyl/N-ethyl adjacent to an activating group) is 1. The number of thiazole rings is 1. The average molecular weight is 814 g/mol. The number of piperidine rings is 1. The van der Waals surface area contributed by atoms with Gasteiger partial charge in [0.05, 0.1) is 6.04 Å². The number of carbonyl (C=O) groups is 6. The second-order valence-corrected chi connectivity index (χ2v) is 16.6. The highest BCUT2D eigenvalue weighted by molar-refractivity contribution is 7.09. The molecule has 0 bridgehead atoms. The van der Waals surface area contributed by atoms with Crippen LogP contribution in [0.1, 0.15) is 127 Å². The number of aromatic hydroxyl groups is 1. The standard InChI is InChI=1S/C42H63N5O9S/c1-9-13-37(51)55-25-47(42(54)38(28(6)10-2)45-40(53)34-14-11-12-19-46(34)8)35(26(3)4)22-36(56-29(7)49)41-44-33(24-57-41)39(52)43-31(20-27(5)23-48)21-30-15-17-32(50)18-16-30/h15-18,23-24,26-28,31,34-36,38,50H,9-14,19-22,25H2,1-8H3,(H,43,52)(H,45,53)/t27-,28?,31+,34+,35+,36+,38-/m0/s1. The first kappa shape index (κ1) is 47.0. The van der Waals surface area contributed by atoms with Crippen molar-refractivity contribution in [3.8, 4) is 5.75 Å². The van der Waals surface area contributed by atoms with Gasteiger partial charge in [0.2, 0.25) is 11.8 Å². The summed E-state index contributed by atoms with van der Waals surface area (Å²) in [6.07, 6.45) is 4.63. The summed E-state index contributed by atoms with van der Waals surface area (Å²) in [5.74, 6) is -2.87. The van der Waals surface area contributed by atoms with E-state index in [2.05, 4.69) is 15.6 Å². The van der Waals surface area contributed by atoms with Crippen molar-refractivity contribution < 1.29 is 43.3 Å². The number of nitrogens with one attached hydrogen (secondary N) is 2. The van der Waals surface area contributed by atoms with E-state index in [9.17, 15) is 33.9 Å². The lowest BCUT2D eigenvalue weighted by Crippen LogP contribution is -2.59. The Bertz CT molecular complexity index is 1630. The minimum atomic E-state index is -0.974. The molecule has 14 nitrogen and oxygen atoms in total. The Hall–Kier alpha value is -4.37. The highest BCUT2D eigenvalue weighted by Crippen LogP contribution is 2.32. The van der Waals surface area contributed by atoms with Crippen molar-refractivity contribution in [1.29, 1.82) is 0 Å². The van der Waals surface area contributed by atoms with Gasteiger partial charge in [-0.1, -0.05) is 66.5 Å². The molecule has 1 aromatic heterocycles. The van der Waals surface area contributed by atoms with Crippen LogP contribution in [-0.4, -0.2) is 100 Å². The van der Waals surface area contributed by atoms with E-state index in [0.717, 1.165) is 42.6 Å². The number of nitrogens with zero attached hydrogens (tertiary/aromatic N) is 3. The number of rotatable bonds is 22. The minimum absolute atomic E-state index is 0.0652. The van der Waals surface area contributed by atoms with Crippen LogP contribution in [0.5, 0.6) is 5.75 Å². The maximum Gasteiger partial charge on any atom is 0.307 e. The Morgan fingerprint density at radius 3 is 2.35 bits per heavy atom. The Kier molecular flexibility index (Phi) is 19.1. The molecular formula is C42H63N5O9S. The van der Waals surface area contributed by atoms with Crippen LogP contribution < -0.4 is 10.6 Å². The second-order valence-electron chi connectivity index (χ2n) is 15.7. The van der Waals surface area contributed by atoms with Crippen molar-refractivity contribution in [3.63, 3.8) is 0 Å². The fourth-order valence-electron chi connectivity index (χ4n) is 7.05. The molecule has 1 saturated heterocycles. The molecule has 1 unspecified atom stereocenters. The molecule has 1 aliphatic rings. The molecule has 1 fully saturated rings. The number of ether oxygens (including phenoxy) is 2. The Morgan fingerprint density at radius 1 is 1.05 bits per heavy atom. The summed E-state index contributed by atoms with van der Waals surface area (Å²) < 4.78 is 11.5. The van der Waals surface area contributed by atoms with E-state index in [4.69, 9.17) is 9.47 Å². The second kappa shape index (κ2) is 23.1. The molecule has 7 atom stereocenters. The SMILES string of the molecule is CCCC(=O)OCN(C(=O)[C@@H](NC(=O)[C@H]1CCCCN1C)C(C)CC)[C@H](C[C@@H](OC(C)=O)c1nc(C(=O)N[C@@H](Cc2ccc(O)cc2)C[C@H](C)C=O)cs1)C(C)C. The predicted octanol–water partition coefficient (Wildman–Crippen LogP) is 5.58. The number of likely N-dealkylation sites (tertiary alicyclic amines) is 1. The molecule has 3 N–H and O–H groups in total. The third-order valence-corrected chi connectivity index (χ3v) is 11.5. The van der Waals surface area contributed by atoms with Crippen molar-refractivity contribution in [2.45, 2.75) is 137 Å². The van der Waals surface area contributed by atoms with E-state index in [1.54, 1.807) is 36.6 Å². The molecule has 15 heteroatoms. The zero-order chi connectivity index (χ0) is 42.2. The first-order chi connectivity index (χ1) is 27.1. The normalized spacial score (nSPS) is 17.7. The van der Waals surface area contributed by atoms with Crippen LogP contribution in [0.25, 0.3) is 0 Å². The van der Waals surface area contributed by atoms with Gasteiger partial charge in [-0.2, -0.15) is 0 Å². The Balaban J connectivity index is 1.94. The summed E-state index contributed by atoms with van der Waals surface area (Å²) >= 11 is 1.13. The molecule has 3 rings (SSSR count). The van der Waals surface area contributed by atoms with Crippen molar-refractivity contribution in [1.82, 2.24) is 25.4 Å². The molecule has 0 radical (unpaired) electrons. The van der Waals surface area contributed by atoms with Gasteiger partial charge in [-0.05, 0) is 75.2 Å². The average Bonchev–Trinajstić information content (AvgIpc) is 3.67. The number of amides is 3. The monoisotopic (exact) mass is 813 g/mol. The highest BCUT2D eigenvalue weighted by atomic mass is 32.1. The summed E-state index contributed by atoms with van der Waals surface area (Å²) in [6, 6.07) is 4.27. The van der Waals surface area contributed by atoms with Crippen LogP contribution in [0.2, 0.25) is 0 Å². The highest BCUT2D eigenvalue weighted by Gasteiger charge is 2.39. The summed E-state index contributed by atoms with van der Waals surface area (Å²) in [7, 11) is 1.91. The number of carbonyl (C=O) groups excluding carboxylic acids is 6. The molecular weight excluding hydrogens is 751 g/mol. The summed E-state index contributed by atoms with van der Waals surface area (Å²) in [6.45, 7) is 13.0. The molecule has 2 aromatic rings. The van der Waals surface area contributed by atoms with E-state index >= 15 is 0 Å². The summed E-state index contributed by atoms with van der Waals surface area (Å²) in [5, 5.41) is 17.7. The third-order valence-electron chi connectivity index (χ3n) is 10.6. The predicted molar refractivity (Wildman–Crippen MR) is 217 cm³/mol. The fourth-order valence-corrected chi connectivity index (χ4v) is 7.89. The smallest absolute Gasteiger partial charge is 0.307 e. The number of hydrogen-bond acceptors (Lipinski definition) is 12. The Labute approximate surface area is 341 Å². The topological polar surface area (TPSA) is 185 Å². The first-order valence-electron chi connectivity index (χ1n) is 20.2. The molecule has 57 heavy (non-hydrogen) atoms. The molecule has 0 spiro atoms. The van der Waals surface area contributed by atoms with Gasteiger partial charge in [-0.3, -0.25) is 28.9 Å². The van der Waals surface area contributed by atoms with Crippen LogP contribution in [0, 0.1) is 17.8 Å². The summed E-state index contributed by atoms with van der Waals surface area (Å²) in [5.41, 5.74) is 0.956. The van der Waals surface area contributed by atoms with Gasteiger partial charge in [-0.15, -0.1) is 11.3 Å². The third kappa shape index (κ3) is 14.5. The maximum atomic E-state index is 14.7. The van der Waals surface area contributed by atoms with E-state index < -0.39 is 48.0 Å². The van der Waals surface area contributed by atoms with E-state index in [1.807, 2.05) is 46.6 Å². The number of phenols is 1. The molecule has 316 valence electrons. The number of phenolic OH excluding ortho intramolecular Hbond substituents is 1. The summed E-state index contributed by atoms with van der Waals surface area (Å²) in [4.78, 5) is 86.9. The van der Waals surface area contributed by atoms with Crippen LogP contribution in [0.3, 0.4) is 0 Å². The molecule has 1 aromatic carbocycles. The molecule has 2 heterocycles. The Morgan fingerprint density at radius 2 is 1.75 bits per heavy atom. The molecule has 0 saturated carbocycles. The van der Waals surface area contributed by atoms with Crippen molar-refractivity contribution in [2.75, 3.05) is 20.3 Å². The molecule has 1 aliphatic heterocycles. The molecule has 0 aliphatic carbocycles. The van der Waals surface area contributed by atoms with Crippen molar-refractivity contribution in [3.05, 3.63) is 45.9 Å². The van der Waals surface area contributed by atoms with E-state index in [1.165, 1.54) is 11.8 Å². The van der Waals surface area contributed by atoms with Gasteiger partial charge in [0.25, 0.3) is 5.91 Å². The lowest BCUT2D eigenvalue weighted by atomic mass is 9.92. The van der Waals surface area contributed by atoms with Gasteiger partial charge in [0.15, 0.2) is 12.8 Å².